The molecule has 0 unspecified atom stereocenters. The van der Waals surface area contributed by atoms with E-state index in [0.717, 1.165) is 12.2 Å². The van der Waals surface area contributed by atoms with E-state index < -0.39 is 0 Å². The molecule has 0 saturated carbocycles. The summed E-state index contributed by atoms with van der Waals surface area (Å²) in [6.07, 6.45) is 0. The van der Waals surface area contributed by atoms with Crippen LogP contribution in [0.1, 0.15) is 5.56 Å². The van der Waals surface area contributed by atoms with Gasteiger partial charge in [-0.3, -0.25) is 0 Å². The van der Waals surface area contributed by atoms with Crippen LogP contribution in [0.3, 0.4) is 0 Å². The summed E-state index contributed by atoms with van der Waals surface area (Å²) < 4.78 is 5.30. The second-order valence-corrected chi connectivity index (χ2v) is 4.16. The minimum absolute atomic E-state index is 0.0204. The number of nitrogen functional groups attached to an aromatic ring is 1. The lowest BCUT2D eigenvalue weighted by Gasteiger charge is -2.11. The van der Waals surface area contributed by atoms with Crippen LogP contribution < -0.4 is 15.8 Å². The second-order valence-electron chi connectivity index (χ2n) is 4.16. The van der Waals surface area contributed by atoms with Crippen molar-refractivity contribution in [2.24, 2.45) is 0 Å². The molecule has 0 fully saturated rings. The standard InChI is InChI=1S/C15H18N2O2/c16-14-10-13(6-7-15(14)19-9-8-18)17-11-12-4-2-1-3-5-12/h1-7,10,17-18H,8-9,11,16H2. The first-order valence-electron chi connectivity index (χ1n) is 6.20. The highest BCUT2D eigenvalue weighted by atomic mass is 16.5. The first-order valence-corrected chi connectivity index (χ1v) is 6.20. The molecule has 0 aliphatic carbocycles. The van der Waals surface area contributed by atoms with Gasteiger partial charge in [0.05, 0.1) is 12.3 Å². The molecule has 0 amide bonds. The molecule has 4 heteroatoms. The number of aliphatic hydroxyl groups is 1. The van der Waals surface area contributed by atoms with E-state index in [0.29, 0.717) is 11.4 Å². The lowest BCUT2D eigenvalue weighted by Crippen LogP contribution is -2.05. The van der Waals surface area contributed by atoms with E-state index in [-0.39, 0.29) is 13.2 Å². The fourth-order valence-corrected chi connectivity index (χ4v) is 1.75. The van der Waals surface area contributed by atoms with Gasteiger partial charge in [-0.2, -0.15) is 0 Å². The maximum atomic E-state index is 8.71. The van der Waals surface area contributed by atoms with Crippen LogP contribution in [0.5, 0.6) is 5.75 Å². The molecule has 0 saturated heterocycles. The third kappa shape index (κ3) is 3.89. The van der Waals surface area contributed by atoms with Crippen molar-refractivity contribution in [2.75, 3.05) is 24.3 Å². The number of ether oxygens (including phenoxy) is 1. The molecule has 19 heavy (non-hydrogen) atoms. The van der Waals surface area contributed by atoms with E-state index in [1.54, 1.807) is 6.07 Å². The predicted octanol–water partition coefficient (Wildman–Crippen LogP) is 2.25. The molecule has 4 nitrogen and oxygen atoms in total. The van der Waals surface area contributed by atoms with E-state index in [1.807, 2.05) is 30.3 Å². The van der Waals surface area contributed by atoms with E-state index in [9.17, 15) is 0 Å². The summed E-state index contributed by atoms with van der Waals surface area (Å²) in [6, 6.07) is 15.7. The zero-order valence-electron chi connectivity index (χ0n) is 10.7. The Morgan fingerprint density at radius 3 is 2.58 bits per heavy atom. The number of hydrogen-bond donors (Lipinski definition) is 3. The molecule has 0 aliphatic heterocycles. The normalized spacial score (nSPS) is 10.2. The van der Waals surface area contributed by atoms with Gasteiger partial charge in [0.2, 0.25) is 0 Å². The summed E-state index contributed by atoms with van der Waals surface area (Å²) in [7, 11) is 0. The Morgan fingerprint density at radius 1 is 1.11 bits per heavy atom. The van der Waals surface area contributed by atoms with Crippen LogP contribution in [0, 0.1) is 0 Å². The molecule has 4 N–H and O–H groups in total. The molecular formula is C15H18N2O2. The smallest absolute Gasteiger partial charge is 0.142 e. The van der Waals surface area contributed by atoms with Crippen molar-refractivity contribution in [3.63, 3.8) is 0 Å². The first-order chi connectivity index (χ1) is 9.29. The maximum Gasteiger partial charge on any atom is 0.142 e. The molecule has 100 valence electrons. The summed E-state index contributed by atoms with van der Waals surface area (Å²) in [5.74, 6) is 0.597. The van der Waals surface area contributed by atoms with Gasteiger partial charge in [0.15, 0.2) is 0 Å². The Hall–Kier alpha value is -2.20. The molecule has 0 spiro atoms. The van der Waals surface area contributed by atoms with Crippen LogP contribution in [0.4, 0.5) is 11.4 Å². The van der Waals surface area contributed by atoms with Crippen LogP contribution in [0.25, 0.3) is 0 Å². The Labute approximate surface area is 112 Å². The van der Waals surface area contributed by atoms with Gasteiger partial charge in [-0.15, -0.1) is 0 Å². The van der Waals surface area contributed by atoms with Gasteiger partial charge in [-0.05, 0) is 23.8 Å². The second kappa shape index (κ2) is 6.66. The Morgan fingerprint density at radius 2 is 1.89 bits per heavy atom. The van der Waals surface area contributed by atoms with Crippen molar-refractivity contribution in [1.29, 1.82) is 0 Å². The maximum absolute atomic E-state index is 8.71. The molecule has 2 rings (SSSR count). The Bertz CT molecular complexity index is 515. The van der Waals surface area contributed by atoms with Gasteiger partial charge in [-0.25, -0.2) is 0 Å². The monoisotopic (exact) mass is 258 g/mol. The highest BCUT2D eigenvalue weighted by Crippen LogP contribution is 2.25. The van der Waals surface area contributed by atoms with Crippen LogP contribution in [-0.4, -0.2) is 18.3 Å². The fraction of sp³-hybridized carbons (Fsp3) is 0.200. The summed E-state index contributed by atoms with van der Waals surface area (Å²) in [5, 5.41) is 12.0. The molecule has 0 heterocycles. The highest BCUT2D eigenvalue weighted by molar-refractivity contribution is 5.62. The van der Waals surface area contributed by atoms with E-state index in [1.165, 1.54) is 5.56 Å². The van der Waals surface area contributed by atoms with Crippen LogP contribution in [0.15, 0.2) is 48.5 Å². The van der Waals surface area contributed by atoms with E-state index in [2.05, 4.69) is 17.4 Å². The number of benzene rings is 2. The van der Waals surface area contributed by atoms with Crippen molar-refractivity contribution >= 4 is 11.4 Å². The summed E-state index contributed by atoms with van der Waals surface area (Å²) in [4.78, 5) is 0. The van der Waals surface area contributed by atoms with Crippen LogP contribution in [0.2, 0.25) is 0 Å². The van der Waals surface area contributed by atoms with E-state index >= 15 is 0 Å². The molecule has 0 atom stereocenters. The molecule has 0 radical (unpaired) electrons. The van der Waals surface area contributed by atoms with Gasteiger partial charge in [0, 0.05) is 12.2 Å². The van der Waals surface area contributed by atoms with Crippen LogP contribution in [-0.2, 0) is 6.54 Å². The minimum Gasteiger partial charge on any atom is -0.489 e. The molecular weight excluding hydrogens is 240 g/mol. The van der Waals surface area contributed by atoms with Gasteiger partial charge in [0.1, 0.15) is 12.4 Å². The van der Waals surface area contributed by atoms with Crippen molar-refractivity contribution in [3.8, 4) is 5.75 Å². The Balaban J connectivity index is 1.96. The van der Waals surface area contributed by atoms with Crippen molar-refractivity contribution in [3.05, 3.63) is 54.1 Å². The number of anilines is 2. The molecule has 0 aliphatic rings. The quantitative estimate of drug-likeness (QED) is 0.695. The number of aliphatic hydroxyl groups excluding tert-OH is 1. The number of nitrogens with two attached hydrogens (primary N) is 1. The lowest BCUT2D eigenvalue weighted by molar-refractivity contribution is 0.202. The SMILES string of the molecule is Nc1cc(NCc2ccccc2)ccc1OCCO. The zero-order valence-corrected chi connectivity index (χ0v) is 10.7. The number of hydrogen-bond acceptors (Lipinski definition) is 4. The number of nitrogens with one attached hydrogen (secondary N) is 1. The summed E-state index contributed by atoms with van der Waals surface area (Å²) >= 11 is 0. The van der Waals surface area contributed by atoms with Crippen LogP contribution >= 0.6 is 0 Å². The Kier molecular flexibility index (Phi) is 4.64. The predicted molar refractivity (Wildman–Crippen MR) is 77.2 cm³/mol. The minimum atomic E-state index is -0.0204. The fourth-order valence-electron chi connectivity index (χ4n) is 1.75. The van der Waals surface area contributed by atoms with Crippen molar-refractivity contribution in [1.82, 2.24) is 0 Å². The molecule has 0 aromatic heterocycles. The molecule has 0 bridgehead atoms. The van der Waals surface area contributed by atoms with Gasteiger partial charge >= 0.3 is 0 Å². The summed E-state index contributed by atoms with van der Waals surface area (Å²) in [5.41, 5.74) is 8.60. The zero-order chi connectivity index (χ0) is 13.5. The van der Waals surface area contributed by atoms with Gasteiger partial charge in [0.25, 0.3) is 0 Å². The highest BCUT2D eigenvalue weighted by Gasteiger charge is 2.01. The average molecular weight is 258 g/mol. The van der Waals surface area contributed by atoms with Gasteiger partial charge < -0.3 is 20.9 Å². The van der Waals surface area contributed by atoms with Crippen molar-refractivity contribution < 1.29 is 9.84 Å². The molecule has 2 aromatic rings. The van der Waals surface area contributed by atoms with E-state index in [4.69, 9.17) is 15.6 Å². The number of rotatable bonds is 6. The van der Waals surface area contributed by atoms with Gasteiger partial charge in [-0.1, -0.05) is 30.3 Å². The topological polar surface area (TPSA) is 67.5 Å². The van der Waals surface area contributed by atoms with Crippen molar-refractivity contribution in [2.45, 2.75) is 6.54 Å². The largest absolute Gasteiger partial charge is 0.489 e. The third-order valence-electron chi connectivity index (χ3n) is 2.70. The lowest BCUT2D eigenvalue weighted by atomic mass is 10.2. The third-order valence-corrected chi connectivity index (χ3v) is 2.70. The average Bonchev–Trinajstić information content (AvgIpc) is 2.45. The summed E-state index contributed by atoms with van der Waals surface area (Å²) in [6.45, 7) is 0.978. The molecule has 2 aromatic carbocycles. The first kappa shape index (κ1) is 13.2.